The Bertz CT molecular complexity index is 2080. The van der Waals surface area contributed by atoms with Crippen molar-refractivity contribution in [2.45, 2.75) is 58.8 Å². The van der Waals surface area contributed by atoms with Crippen molar-refractivity contribution < 1.29 is 4.57 Å². The molecular formula is C45H42OP2. The van der Waals surface area contributed by atoms with Gasteiger partial charge in [0.15, 0.2) is 7.14 Å². The molecule has 0 fully saturated rings. The molecule has 1 atom stereocenters. The molecule has 3 heteroatoms. The van der Waals surface area contributed by atoms with Gasteiger partial charge >= 0.3 is 0 Å². The molecular weight excluding hydrogens is 618 g/mol. The van der Waals surface area contributed by atoms with Crippen LogP contribution in [0.15, 0.2) is 133 Å². The van der Waals surface area contributed by atoms with Gasteiger partial charge in [-0.2, -0.15) is 0 Å². The van der Waals surface area contributed by atoms with Gasteiger partial charge < -0.3 is 4.57 Å². The Morgan fingerprint density at radius 1 is 0.500 bits per heavy atom. The minimum Gasteiger partial charge on any atom is -0.309 e. The van der Waals surface area contributed by atoms with E-state index in [9.17, 15) is 0 Å². The van der Waals surface area contributed by atoms with Crippen LogP contribution in [0.2, 0.25) is 0 Å². The van der Waals surface area contributed by atoms with E-state index in [-0.39, 0.29) is 5.41 Å². The van der Waals surface area contributed by atoms with E-state index in [0.29, 0.717) is 0 Å². The lowest BCUT2D eigenvalue weighted by Crippen LogP contribution is -2.37. The van der Waals surface area contributed by atoms with Gasteiger partial charge in [0.25, 0.3) is 0 Å². The van der Waals surface area contributed by atoms with Crippen LogP contribution < -0.4 is 31.8 Å². The van der Waals surface area contributed by atoms with Gasteiger partial charge in [-0.05, 0) is 99.5 Å². The molecule has 0 aliphatic heterocycles. The number of hydrogen-bond acceptors (Lipinski definition) is 1. The van der Waals surface area contributed by atoms with Gasteiger partial charge in [-0.1, -0.05) is 156 Å². The number of benzene rings is 6. The highest BCUT2D eigenvalue weighted by atomic mass is 31.2. The Balaban J connectivity index is 1.39. The smallest absolute Gasteiger partial charge is 0.171 e. The van der Waals surface area contributed by atoms with Crippen molar-refractivity contribution in [3.05, 3.63) is 178 Å². The van der Waals surface area contributed by atoms with E-state index < -0.39 is 15.1 Å². The van der Waals surface area contributed by atoms with Crippen LogP contribution in [0.25, 0.3) is 0 Å². The van der Waals surface area contributed by atoms with Crippen LogP contribution >= 0.6 is 15.1 Å². The van der Waals surface area contributed by atoms with Crippen molar-refractivity contribution in [3.63, 3.8) is 0 Å². The summed E-state index contributed by atoms with van der Waals surface area (Å²) in [6.45, 7) is 8.55. The summed E-state index contributed by atoms with van der Waals surface area (Å²) in [4.78, 5) is 0. The van der Waals surface area contributed by atoms with E-state index >= 15 is 4.57 Å². The Morgan fingerprint density at radius 3 is 1.40 bits per heavy atom. The third-order valence-electron chi connectivity index (χ3n) is 10.8. The molecule has 0 bridgehead atoms. The van der Waals surface area contributed by atoms with E-state index in [4.69, 9.17) is 0 Å². The minimum absolute atomic E-state index is 0.182. The van der Waals surface area contributed by atoms with E-state index in [1.807, 2.05) is 0 Å². The van der Waals surface area contributed by atoms with Crippen molar-refractivity contribution in [1.29, 1.82) is 0 Å². The summed E-state index contributed by atoms with van der Waals surface area (Å²) in [6, 6.07) is 49.1. The molecule has 2 aliphatic carbocycles. The second-order valence-corrected chi connectivity index (χ2v) is 18.9. The molecule has 0 heterocycles. The van der Waals surface area contributed by atoms with E-state index in [1.165, 1.54) is 60.4 Å². The molecule has 0 N–H and O–H groups in total. The average molecular weight is 661 g/mol. The fourth-order valence-corrected chi connectivity index (χ4v) is 13.9. The highest BCUT2D eigenvalue weighted by Crippen LogP contribution is 2.57. The van der Waals surface area contributed by atoms with Gasteiger partial charge in [-0.15, -0.1) is 0 Å². The van der Waals surface area contributed by atoms with Gasteiger partial charge in [0.05, 0.1) is 0 Å². The Labute approximate surface area is 287 Å². The second kappa shape index (κ2) is 12.1. The molecule has 48 heavy (non-hydrogen) atoms. The van der Waals surface area contributed by atoms with Crippen LogP contribution in [0.3, 0.4) is 0 Å². The number of rotatable bonds is 6. The standard InChI is InChI=1S/C45H42OP2/c1-31-11-19-37(20-12-31)47(38-21-13-32(2)14-22-38)41-9-5-7-35-27-29-45(43(35)41)30-28-36-8-6-10-42(44(36)45)48(46,39-23-15-33(3)16-24-39)40-25-17-34(4)18-26-40/h5-26H,27-30H2,1-4H3/t45-/m1/s1. The normalized spacial score (nSPS) is 16.8. The summed E-state index contributed by atoms with van der Waals surface area (Å²) in [6.07, 6.45) is 4.15. The predicted molar refractivity (Wildman–Crippen MR) is 207 cm³/mol. The Kier molecular flexibility index (Phi) is 7.91. The van der Waals surface area contributed by atoms with Crippen molar-refractivity contribution in [1.82, 2.24) is 0 Å². The van der Waals surface area contributed by atoms with E-state index in [2.05, 4.69) is 161 Å². The molecule has 0 radical (unpaired) electrons. The molecule has 1 nitrogen and oxygen atoms in total. The molecule has 6 aromatic rings. The van der Waals surface area contributed by atoms with Crippen molar-refractivity contribution in [3.8, 4) is 0 Å². The van der Waals surface area contributed by atoms with Gasteiger partial charge in [0.2, 0.25) is 0 Å². The summed E-state index contributed by atoms with van der Waals surface area (Å²) in [5.41, 5.74) is 10.4. The summed E-state index contributed by atoms with van der Waals surface area (Å²) in [5.74, 6) is 0. The summed E-state index contributed by atoms with van der Waals surface area (Å²) in [5, 5.41) is 7.08. The molecule has 0 aromatic heterocycles. The predicted octanol–water partition coefficient (Wildman–Crippen LogP) is 8.50. The first kappa shape index (κ1) is 31.3. The van der Waals surface area contributed by atoms with E-state index in [0.717, 1.165) is 41.6 Å². The molecule has 0 unspecified atom stereocenters. The molecule has 6 aromatic carbocycles. The van der Waals surface area contributed by atoms with E-state index in [1.54, 1.807) is 0 Å². The lowest BCUT2D eigenvalue weighted by Gasteiger charge is -2.35. The van der Waals surface area contributed by atoms with Crippen LogP contribution in [-0.2, 0) is 22.8 Å². The van der Waals surface area contributed by atoms with Crippen molar-refractivity contribution in [2.75, 3.05) is 0 Å². The molecule has 1 spiro atoms. The zero-order valence-corrected chi connectivity index (χ0v) is 30.1. The van der Waals surface area contributed by atoms with Gasteiger partial charge in [-0.3, -0.25) is 0 Å². The molecule has 0 saturated carbocycles. The topological polar surface area (TPSA) is 17.1 Å². The first-order valence-electron chi connectivity index (χ1n) is 17.2. The van der Waals surface area contributed by atoms with Crippen molar-refractivity contribution in [2.24, 2.45) is 0 Å². The summed E-state index contributed by atoms with van der Waals surface area (Å²) < 4.78 is 16.2. The van der Waals surface area contributed by atoms with Crippen LogP contribution in [0.5, 0.6) is 0 Å². The van der Waals surface area contributed by atoms with Crippen molar-refractivity contribution >= 4 is 46.9 Å². The lowest BCUT2D eigenvalue weighted by molar-refractivity contribution is 0.511. The third-order valence-corrected chi connectivity index (χ3v) is 16.4. The molecule has 0 amide bonds. The molecule has 8 rings (SSSR count). The number of aryl methyl sites for hydroxylation is 6. The first-order valence-corrected chi connectivity index (χ1v) is 20.3. The Morgan fingerprint density at radius 2 is 0.917 bits per heavy atom. The quantitative estimate of drug-likeness (QED) is 0.164. The highest BCUT2D eigenvalue weighted by Gasteiger charge is 2.50. The van der Waals surface area contributed by atoms with Crippen LogP contribution in [0.1, 0.15) is 57.3 Å². The zero-order chi connectivity index (χ0) is 33.0. The Hall–Kier alpha value is -4.02. The summed E-state index contributed by atoms with van der Waals surface area (Å²) >= 11 is 0. The second-order valence-electron chi connectivity index (χ2n) is 14.0. The molecule has 2 aliphatic rings. The fourth-order valence-electron chi connectivity index (χ4n) is 8.34. The molecule has 0 saturated heterocycles. The number of hydrogen-bond donors (Lipinski definition) is 0. The van der Waals surface area contributed by atoms with Crippen LogP contribution in [0.4, 0.5) is 0 Å². The first-order chi connectivity index (χ1) is 23.3. The molecule has 238 valence electrons. The van der Waals surface area contributed by atoms with Gasteiger partial charge in [0, 0.05) is 21.3 Å². The lowest BCUT2D eigenvalue weighted by atomic mass is 9.76. The maximum absolute atomic E-state index is 16.2. The number of fused-ring (bicyclic) bond motifs is 4. The zero-order valence-electron chi connectivity index (χ0n) is 28.3. The minimum atomic E-state index is -3.21. The van der Waals surface area contributed by atoms with Crippen LogP contribution in [-0.4, -0.2) is 0 Å². The monoisotopic (exact) mass is 660 g/mol. The SMILES string of the molecule is Cc1ccc(P(c2ccc(C)cc2)c2cccc3c2[C@@]2(CC3)CCc3cccc(P(=O)(c4ccc(C)cc4)c4ccc(C)cc4)c32)cc1. The van der Waals surface area contributed by atoms with Gasteiger partial charge in [0.1, 0.15) is 0 Å². The third kappa shape index (κ3) is 5.06. The van der Waals surface area contributed by atoms with Crippen LogP contribution in [0, 0.1) is 27.7 Å². The average Bonchev–Trinajstić information content (AvgIpc) is 3.68. The highest BCUT2D eigenvalue weighted by molar-refractivity contribution is 7.85. The summed E-state index contributed by atoms with van der Waals surface area (Å²) in [7, 11) is -4.02. The maximum Gasteiger partial charge on any atom is 0.171 e. The maximum atomic E-state index is 16.2. The fraction of sp³-hybridized carbons (Fsp3) is 0.200. The van der Waals surface area contributed by atoms with Gasteiger partial charge in [-0.25, -0.2) is 0 Å². The largest absolute Gasteiger partial charge is 0.309 e.